The lowest BCUT2D eigenvalue weighted by Crippen LogP contribution is -2.39. The van der Waals surface area contributed by atoms with Crippen LogP contribution in [-0.4, -0.2) is 47.4 Å². The molecule has 0 aromatic heterocycles. The summed E-state index contributed by atoms with van der Waals surface area (Å²) in [6.07, 6.45) is 3.20. The molecule has 1 aromatic rings. The number of carbonyl (C=O) groups excluding carboxylic acids is 2. The van der Waals surface area contributed by atoms with Crippen molar-refractivity contribution in [2.24, 2.45) is 5.92 Å². The van der Waals surface area contributed by atoms with Crippen LogP contribution in [0.1, 0.15) is 39.2 Å². The van der Waals surface area contributed by atoms with Crippen molar-refractivity contribution in [1.29, 1.82) is 5.26 Å². The molecule has 0 radical (unpaired) electrons. The minimum Gasteiger partial charge on any atom is -0.466 e. The normalized spacial score (nSPS) is 17.2. The van der Waals surface area contributed by atoms with E-state index >= 15 is 0 Å². The fraction of sp³-hybridized carbons (Fsp3) is 0.500. The Labute approximate surface area is 167 Å². The van der Waals surface area contributed by atoms with E-state index in [1.165, 1.54) is 0 Å². The molecular formula is C22H29N3O3. The van der Waals surface area contributed by atoms with E-state index < -0.39 is 0 Å². The molecule has 0 spiro atoms. The van der Waals surface area contributed by atoms with Crippen LogP contribution in [0.15, 0.2) is 42.1 Å². The maximum absolute atomic E-state index is 13.0. The Morgan fingerprint density at radius 3 is 2.68 bits per heavy atom. The van der Waals surface area contributed by atoms with Crippen molar-refractivity contribution < 1.29 is 14.3 Å². The molecule has 1 unspecified atom stereocenters. The number of likely N-dealkylation sites (tertiary alicyclic amines) is 1. The first-order valence-electron chi connectivity index (χ1n) is 9.83. The predicted molar refractivity (Wildman–Crippen MR) is 107 cm³/mol. The fourth-order valence-corrected chi connectivity index (χ4v) is 3.31. The summed E-state index contributed by atoms with van der Waals surface area (Å²) in [6, 6.07) is 11.7. The van der Waals surface area contributed by atoms with Gasteiger partial charge in [-0.2, -0.15) is 5.26 Å². The van der Waals surface area contributed by atoms with E-state index in [1.807, 2.05) is 49.1 Å². The summed E-state index contributed by atoms with van der Waals surface area (Å²) in [4.78, 5) is 28.6. The lowest BCUT2D eigenvalue weighted by Gasteiger charge is -2.31. The summed E-state index contributed by atoms with van der Waals surface area (Å²) in [5.41, 5.74) is 1.11. The van der Waals surface area contributed by atoms with Crippen molar-refractivity contribution in [2.75, 3.05) is 19.7 Å². The number of hydrogen-bond acceptors (Lipinski definition) is 5. The molecule has 28 heavy (non-hydrogen) atoms. The SMILES string of the molecule is CCOC(=O)C1CCCN(/C=C(/C#N)C(=O)N(Cc2ccccc2)C(C)C)C1. The number of carbonyl (C=O) groups is 2. The summed E-state index contributed by atoms with van der Waals surface area (Å²) in [6.45, 7) is 7.66. The van der Waals surface area contributed by atoms with E-state index in [0.29, 0.717) is 26.2 Å². The third-order valence-electron chi connectivity index (χ3n) is 4.82. The second-order valence-corrected chi connectivity index (χ2v) is 7.25. The molecular weight excluding hydrogens is 354 g/mol. The zero-order valence-electron chi connectivity index (χ0n) is 16.9. The quantitative estimate of drug-likeness (QED) is 0.411. The maximum atomic E-state index is 13.0. The highest BCUT2D eigenvalue weighted by Crippen LogP contribution is 2.20. The molecule has 0 bridgehead atoms. The van der Waals surface area contributed by atoms with Gasteiger partial charge in [0.1, 0.15) is 11.6 Å². The molecule has 1 aliphatic rings. The largest absolute Gasteiger partial charge is 0.466 e. The smallest absolute Gasteiger partial charge is 0.310 e. The molecule has 1 atom stereocenters. The van der Waals surface area contributed by atoms with E-state index in [2.05, 4.69) is 6.07 Å². The van der Waals surface area contributed by atoms with Gasteiger partial charge >= 0.3 is 5.97 Å². The molecule has 2 rings (SSSR count). The zero-order valence-corrected chi connectivity index (χ0v) is 16.9. The van der Waals surface area contributed by atoms with Crippen molar-refractivity contribution >= 4 is 11.9 Å². The molecule has 1 amide bonds. The third kappa shape index (κ3) is 5.85. The predicted octanol–water partition coefficient (Wildman–Crippen LogP) is 3.11. The van der Waals surface area contributed by atoms with Crippen LogP contribution in [-0.2, 0) is 20.9 Å². The van der Waals surface area contributed by atoms with Crippen molar-refractivity contribution in [3.63, 3.8) is 0 Å². The maximum Gasteiger partial charge on any atom is 0.310 e. The molecule has 6 nitrogen and oxygen atoms in total. The van der Waals surface area contributed by atoms with E-state index in [-0.39, 0.29) is 29.4 Å². The minimum absolute atomic E-state index is 0.0434. The zero-order chi connectivity index (χ0) is 20.5. The Morgan fingerprint density at radius 2 is 2.07 bits per heavy atom. The van der Waals surface area contributed by atoms with E-state index in [1.54, 1.807) is 18.0 Å². The lowest BCUT2D eigenvalue weighted by molar-refractivity contribution is -0.149. The molecule has 1 aromatic carbocycles. The first-order valence-corrected chi connectivity index (χ1v) is 9.83. The Kier molecular flexibility index (Phi) is 8.06. The van der Waals surface area contributed by atoms with E-state index in [0.717, 1.165) is 18.4 Å². The van der Waals surface area contributed by atoms with Gasteiger partial charge in [0.15, 0.2) is 0 Å². The van der Waals surface area contributed by atoms with Gasteiger partial charge in [-0.25, -0.2) is 0 Å². The number of esters is 1. The summed E-state index contributed by atoms with van der Waals surface area (Å²) < 4.78 is 5.12. The first kappa shape index (κ1) is 21.5. The fourth-order valence-electron chi connectivity index (χ4n) is 3.31. The molecule has 0 N–H and O–H groups in total. The number of ether oxygens (including phenoxy) is 1. The van der Waals surface area contributed by atoms with Crippen LogP contribution in [0.4, 0.5) is 0 Å². The highest BCUT2D eigenvalue weighted by atomic mass is 16.5. The number of benzene rings is 1. The van der Waals surface area contributed by atoms with E-state index in [9.17, 15) is 14.9 Å². The molecule has 1 fully saturated rings. The number of hydrogen-bond donors (Lipinski definition) is 0. The standard InChI is InChI=1S/C22H29N3O3/c1-4-28-22(27)19-11-8-12-24(15-19)16-20(13-23)21(26)25(17(2)3)14-18-9-6-5-7-10-18/h5-7,9-10,16-17,19H,4,8,11-12,14-15H2,1-3H3/b20-16-. The highest BCUT2D eigenvalue weighted by Gasteiger charge is 2.27. The van der Waals surface area contributed by atoms with Crippen LogP contribution in [0.2, 0.25) is 0 Å². The van der Waals surface area contributed by atoms with Gasteiger partial charge in [0.05, 0.1) is 12.5 Å². The molecule has 1 heterocycles. The average molecular weight is 383 g/mol. The van der Waals surface area contributed by atoms with Crippen LogP contribution >= 0.6 is 0 Å². The Bertz CT molecular complexity index is 737. The van der Waals surface area contributed by atoms with Gasteiger partial charge in [0.25, 0.3) is 5.91 Å². The van der Waals surface area contributed by atoms with Crippen LogP contribution in [0.25, 0.3) is 0 Å². The van der Waals surface area contributed by atoms with Crippen LogP contribution in [0.5, 0.6) is 0 Å². The summed E-state index contributed by atoms with van der Waals surface area (Å²) >= 11 is 0. The topological polar surface area (TPSA) is 73.6 Å². The minimum atomic E-state index is -0.292. The van der Waals surface area contributed by atoms with Gasteiger partial charge in [-0.3, -0.25) is 9.59 Å². The van der Waals surface area contributed by atoms with E-state index in [4.69, 9.17) is 4.74 Å². The molecule has 1 saturated heterocycles. The number of nitriles is 1. The van der Waals surface area contributed by atoms with Gasteiger partial charge in [0, 0.05) is 31.9 Å². The second-order valence-electron chi connectivity index (χ2n) is 7.25. The first-order chi connectivity index (χ1) is 13.5. The summed E-state index contributed by atoms with van der Waals surface area (Å²) in [7, 11) is 0. The average Bonchev–Trinajstić information content (AvgIpc) is 2.70. The molecule has 6 heteroatoms. The van der Waals surface area contributed by atoms with Gasteiger partial charge in [0.2, 0.25) is 0 Å². The van der Waals surface area contributed by atoms with Crippen LogP contribution in [0.3, 0.4) is 0 Å². The molecule has 0 saturated carbocycles. The Balaban J connectivity index is 2.13. The van der Waals surface area contributed by atoms with Gasteiger partial charge in [-0.1, -0.05) is 30.3 Å². The van der Waals surface area contributed by atoms with Crippen molar-refractivity contribution in [3.8, 4) is 6.07 Å². The number of rotatable bonds is 7. The molecule has 150 valence electrons. The second kappa shape index (κ2) is 10.5. The van der Waals surface area contributed by atoms with Crippen LogP contribution in [0, 0.1) is 17.2 Å². The van der Waals surface area contributed by atoms with Crippen molar-refractivity contribution in [3.05, 3.63) is 47.7 Å². The number of amides is 1. The lowest BCUT2D eigenvalue weighted by atomic mass is 9.98. The van der Waals surface area contributed by atoms with Crippen molar-refractivity contribution in [1.82, 2.24) is 9.80 Å². The third-order valence-corrected chi connectivity index (χ3v) is 4.82. The Morgan fingerprint density at radius 1 is 1.36 bits per heavy atom. The summed E-state index contributed by atoms with van der Waals surface area (Å²) in [5.74, 6) is -0.719. The number of piperidine rings is 1. The van der Waals surface area contributed by atoms with Crippen LogP contribution < -0.4 is 0 Å². The summed E-state index contributed by atoms with van der Waals surface area (Å²) in [5, 5.41) is 9.60. The highest BCUT2D eigenvalue weighted by molar-refractivity contribution is 5.97. The van der Waals surface area contributed by atoms with Gasteiger partial charge < -0.3 is 14.5 Å². The van der Waals surface area contributed by atoms with Gasteiger partial charge in [-0.05, 0) is 39.2 Å². The van der Waals surface area contributed by atoms with Gasteiger partial charge in [-0.15, -0.1) is 0 Å². The molecule has 1 aliphatic heterocycles. The Hall–Kier alpha value is -2.81. The monoisotopic (exact) mass is 383 g/mol. The van der Waals surface area contributed by atoms with Crippen molar-refractivity contribution in [2.45, 2.75) is 46.2 Å². The number of nitrogens with zero attached hydrogens (tertiary/aromatic N) is 3. The molecule has 0 aliphatic carbocycles.